The molecule has 1 aliphatic heterocycles. The zero-order valence-corrected chi connectivity index (χ0v) is 13.7. The second kappa shape index (κ2) is 6.53. The third-order valence-corrected chi connectivity index (χ3v) is 4.51. The van der Waals surface area contributed by atoms with Gasteiger partial charge < -0.3 is 20.1 Å². The van der Waals surface area contributed by atoms with Gasteiger partial charge in [-0.05, 0) is 58.3 Å². The smallest absolute Gasteiger partial charge is 0.410 e. The summed E-state index contributed by atoms with van der Waals surface area (Å²) in [6.07, 6.45) is 5.15. The lowest BCUT2D eigenvalue weighted by atomic mass is 10.0. The van der Waals surface area contributed by atoms with Gasteiger partial charge >= 0.3 is 6.09 Å². The lowest BCUT2D eigenvalue weighted by Crippen LogP contribution is -2.47. The molecule has 0 spiro atoms. The first-order chi connectivity index (χ1) is 9.84. The molecule has 2 N–H and O–H groups in total. The van der Waals surface area contributed by atoms with Crippen LogP contribution in [0, 0.1) is 5.41 Å². The highest BCUT2D eigenvalue weighted by Crippen LogP contribution is 2.48. The van der Waals surface area contributed by atoms with Crippen molar-refractivity contribution in [3.8, 4) is 0 Å². The van der Waals surface area contributed by atoms with Crippen molar-refractivity contribution in [2.45, 2.75) is 64.5 Å². The van der Waals surface area contributed by atoms with E-state index < -0.39 is 5.60 Å². The topological polar surface area (TPSA) is 61.8 Å². The van der Waals surface area contributed by atoms with E-state index in [0.717, 1.165) is 38.9 Å². The molecule has 0 radical (unpaired) electrons. The van der Waals surface area contributed by atoms with Gasteiger partial charge in [-0.1, -0.05) is 0 Å². The fourth-order valence-corrected chi connectivity index (χ4v) is 2.88. The molecule has 0 aromatic rings. The molecule has 5 nitrogen and oxygen atoms in total. The Hall–Kier alpha value is -0.810. The summed E-state index contributed by atoms with van der Waals surface area (Å²) < 4.78 is 5.41. The number of nitrogens with one attached hydrogen (secondary N) is 1. The highest BCUT2D eigenvalue weighted by Gasteiger charge is 2.42. The predicted molar refractivity (Wildman–Crippen MR) is 82.2 cm³/mol. The molecule has 122 valence electrons. The second-order valence-electron chi connectivity index (χ2n) is 7.60. The fourth-order valence-electron chi connectivity index (χ4n) is 2.88. The van der Waals surface area contributed by atoms with E-state index >= 15 is 0 Å². The van der Waals surface area contributed by atoms with Gasteiger partial charge in [0.05, 0.1) is 0 Å². The van der Waals surface area contributed by atoms with Crippen LogP contribution in [0.15, 0.2) is 0 Å². The summed E-state index contributed by atoms with van der Waals surface area (Å²) in [6, 6.07) is 0.486. The largest absolute Gasteiger partial charge is 0.444 e. The number of hydrogen-bond acceptors (Lipinski definition) is 4. The number of aliphatic hydroxyl groups excluding tert-OH is 1. The monoisotopic (exact) mass is 298 g/mol. The zero-order valence-electron chi connectivity index (χ0n) is 13.7. The van der Waals surface area contributed by atoms with Crippen LogP contribution in [0.4, 0.5) is 4.79 Å². The minimum atomic E-state index is -0.422. The molecule has 0 aromatic carbocycles. The van der Waals surface area contributed by atoms with Crippen LogP contribution in [0.1, 0.15) is 52.9 Å². The quantitative estimate of drug-likeness (QED) is 0.816. The number of amides is 1. The van der Waals surface area contributed by atoms with E-state index in [2.05, 4.69) is 5.32 Å². The Morgan fingerprint density at radius 3 is 2.43 bits per heavy atom. The van der Waals surface area contributed by atoms with Gasteiger partial charge in [0.25, 0.3) is 0 Å². The van der Waals surface area contributed by atoms with Crippen LogP contribution in [0.2, 0.25) is 0 Å². The third-order valence-electron chi connectivity index (χ3n) is 4.51. The van der Waals surface area contributed by atoms with E-state index in [1.807, 2.05) is 25.7 Å². The minimum Gasteiger partial charge on any atom is -0.444 e. The van der Waals surface area contributed by atoms with E-state index in [4.69, 9.17) is 9.84 Å². The molecule has 2 rings (SSSR count). The van der Waals surface area contributed by atoms with Crippen molar-refractivity contribution in [1.82, 2.24) is 10.2 Å². The van der Waals surface area contributed by atoms with Gasteiger partial charge in [0.1, 0.15) is 5.60 Å². The summed E-state index contributed by atoms with van der Waals surface area (Å²) in [7, 11) is 0. The van der Waals surface area contributed by atoms with Crippen molar-refractivity contribution >= 4 is 6.09 Å². The van der Waals surface area contributed by atoms with Crippen LogP contribution in [0.3, 0.4) is 0 Å². The number of rotatable bonds is 5. The fraction of sp³-hybridized carbons (Fsp3) is 0.938. The number of carbonyl (C=O) groups is 1. The normalized spacial score (nSPS) is 22.2. The average Bonchev–Trinajstić information content (AvgIpc) is 3.16. The molecule has 2 aliphatic rings. The Balaban J connectivity index is 1.67. The zero-order chi connectivity index (χ0) is 15.5. The molecule has 1 saturated carbocycles. The van der Waals surface area contributed by atoms with Gasteiger partial charge in [0.15, 0.2) is 0 Å². The summed E-state index contributed by atoms with van der Waals surface area (Å²) in [5.74, 6) is 0. The predicted octanol–water partition coefficient (Wildman–Crippen LogP) is 2.14. The van der Waals surface area contributed by atoms with E-state index in [0.29, 0.717) is 18.1 Å². The van der Waals surface area contributed by atoms with Crippen LogP contribution < -0.4 is 5.32 Å². The number of hydrogen-bond donors (Lipinski definition) is 2. The van der Waals surface area contributed by atoms with Gasteiger partial charge in [-0.3, -0.25) is 0 Å². The number of piperidine rings is 1. The number of aliphatic hydroxyl groups is 1. The maximum absolute atomic E-state index is 12.0. The summed E-state index contributed by atoms with van der Waals surface area (Å²) in [4.78, 5) is 13.8. The number of ether oxygens (including phenoxy) is 1. The lowest BCUT2D eigenvalue weighted by Gasteiger charge is -2.34. The van der Waals surface area contributed by atoms with Gasteiger partial charge in [-0.15, -0.1) is 0 Å². The highest BCUT2D eigenvalue weighted by atomic mass is 16.6. The van der Waals surface area contributed by atoms with Crippen LogP contribution in [-0.4, -0.2) is 54.0 Å². The summed E-state index contributed by atoms with van der Waals surface area (Å²) in [6.45, 7) is 8.52. The van der Waals surface area contributed by atoms with Gasteiger partial charge in [0.2, 0.25) is 0 Å². The molecule has 5 heteroatoms. The molecule has 2 fully saturated rings. The average molecular weight is 298 g/mol. The Morgan fingerprint density at radius 1 is 1.33 bits per heavy atom. The lowest BCUT2D eigenvalue weighted by molar-refractivity contribution is 0.0196. The van der Waals surface area contributed by atoms with Crippen molar-refractivity contribution in [3.63, 3.8) is 0 Å². The Kier molecular flexibility index (Phi) is 5.15. The molecule has 0 unspecified atom stereocenters. The van der Waals surface area contributed by atoms with Gasteiger partial charge in [-0.2, -0.15) is 0 Å². The standard InChI is InChI=1S/C16H30N2O3/c1-15(2,3)21-14(20)18-9-4-13(5-10-18)17-12-16(6-7-16)8-11-19/h13,17,19H,4-12H2,1-3H3. The molecular weight excluding hydrogens is 268 g/mol. The van der Waals surface area contributed by atoms with E-state index in [-0.39, 0.29) is 6.09 Å². The van der Waals surface area contributed by atoms with E-state index in [9.17, 15) is 4.79 Å². The van der Waals surface area contributed by atoms with Crippen molar-refractivity contribution in [2.24, 2.45) is 5.41 Å². The van der Waals surface area contributed by atoms with Crippen LogP contribution in [-0.2, 0) is 4.74 Å². The summed E-state index contributed by atoms with van der Waals surface area (Å²) in [5.41, 5.74) is -0.0636. The van der Waals surface area contributed by atoms with Crippen molar-refractivity contribution < 1.29 is 14.6 Å². The molecule has 1 heterocycles. The third kappa shape index (κ3) is 5.15. The Bertz CT molecular complexity index is 353. The number of nitrogens with zero attached hydrogens (tertiary/aromatic N) is 1. The van der Waals surface area contributed by atoms with E-state index in [1.165, 1.54) is 12.8 Å². The van der Waals surface area contributed by atoms with Crippen LogP contribution in [0.25, 0.3) is 0 Å². The molecule has 1 aliphatic carbocycles. The first-order valence-electron chi connectivity index (χ1n) is 8.16. The molecule has 0 bridgehead atoms. The van der Waals surface area contributed by atoms with Crippen LogP contribution in [0.5, 0.6) is 0 Å². The van der Waals surface area contributed by atoms with Crippen molar-refractivity contribution in [2.75, 3.05) is 26.2 Å². The summed E-state index contributed by atoms with van der Waals surface area (Å²) in [5, 5.41) is 12.7. The molecule has 1 amide bonds. The molecular formula is C16H30N2O3. The van der Waals surface area contributed by atoms with Gasteiger partial charge in [-0.25, -0.2) is 4.79 Å². The summed E-state index contributed by atoms with van der Waals surface area (Å²) >= 11 is 0. The Labute approximate surface area is 128 Å². The van der Waals surface area contributed by atoms with Crippen molar-refractivity contribution in [3.05, 3.63) is 0 Å². The molecule has 21 heavy (non-hydrogen) atoms. The Morgan fingerprint density at radius 2 is 1.95 bits per heavy atom. The molecule has 1 saturated heterocycles. The SMILES string of the molecule is CC(C)(C)OC(=O)N1CCC(NCC2(CCO)CC2)CC1. The number of carbonyl (C=O) groups excluding carboxylic acids is 1. The highest BCUT2D eigenvalue weighted by molar-refractivity contribution is 5.68. The van der Waals surface area contributed by atoms with Crippen molar-refractivity contribution in [1.29, 1.82) is 0 Å². The first-order valence-corrected chi connectivity index (χ1v) is 8.16. The number of likely N-dealkylation sites (tertiary alicyclic amines) is 1. The van der Waals surface area contributed by atoms with Crippen LogP contribution >= 0.6 is 0 Å². The maximum Gasteiger partial charge on any atom is 0.410 e. The molecule has 0 atom stereocenters. The van der Waals surface area contributed by atoms with Gasteiger partial charge in [0, 0.05) is 32.3 Å². The minimum absolute atomic E-state index is 0.195. The second-order valence-corrected chi connectivity index (χ2v) is 7.60. The molecule has 0 aromatic heterocycles. The van der Waals surface area contributed by atoms with E-state index in [1.54, 1.807) is 0 Å². The first kappa shape index (κ1) is 16.6. The maximum atomic E-state index is 12.0.